The number of halogens is 3. The predicted octanol–water partition coefficient (Wildman–Crippen LogP) is 1.53. The highest BCUT2D eigenvalue weighted by Crippen LogP contribution is 2.38. The van der Waals surface area contributed by atoms with E-state index in [0.29, 0.717) is 26.1 Å². The minimum Gasteiger partial charge on any atom is -0.476 e. The summed E-state index contributed by atoms with van der Waals surface area (Å²) in [4.78, 5) is 10.9. The van der Waals surface area contributed by atoms with Gasteiger partial charge in [-0.2, -0.15) is 18.3 Å². The number of carboxylic acid groups (broad SMARTS) is 1. The zero-order valence-electron chi connectivity index (χ0n) is 9.78. The number of rotatable bonds is 2. The molecule has 1 aromatic rings. The molecule has 19 heavy (non-hydrogen) atoms. The number of aromatic carboxylic acids is 1. The van der Waals surface area contributed by atoms with Crippen molar-refractivity contribution in [2.24, 2.45) is 0 Å². The summed E-state index contributed by atoms with van der Waals surface area (Å²) in [5.41, 5.74) is 2.99. The lowest BCUT2D eigenvalue weighted by Gasteiger charge is -2.23. The Kier molecular flexibility index (Phi) is 3.40. The monoisotopic (exact) mass is 279 g/mol. The van der Waals surface area contributed by atoms with Crippen LogP contribution in [0.15, 0.2) is 0 Å². The number of nitrogens with two attached hydrogens (primary N) is 1. The Morgan fingerprint density at radius 3 is 2.42 bits per heavy atom. The molecule has 0 unspecified atom stereocenters. The van der Waals surface area contributed by atoms with E-state index in [1.54, 1.807) is 0 Å². The number of anilines is 1. The van der Waals surface area contributed by atoms with Gasteiger partial charge >= 0.3 is 12.1 Å². The third-order valence-electron chi connectivity index (χ3n) is 2.97. The van der Waals surface area contributed by atoms with Gasteiger partial charge in [0, 0.05) is 13.2 Å². The summed E-state index contributed by atoms with van der Waals surface area (Å²) in [6, 6.07) is -0.372. The molecule has 0 atom stereocenters. The molecule has 1 aliphatic rings. The molecule has 2 heterocycles. The van der Waals surface area contributed by atoms with Gasteiger partial charge in [0.25, 0.3) is 0 Å². The average molecular weight is 279 g/mol. The Morgan fingerprint density at radius 2 is 2.00 bits per heavy atom. The van der Waals surface area contributed by atoms with Gasteiger partial charge < -0.3 is 15.6 Å². The average Bonchev–Trinajstić information content (AvgIpc) is 2.68. The summed E-state index contributed by atoms with van der Waals surface area (Å²) < 4.78 is 44.5. The summed E-state index contributed by atoms with van der Waals surface area (Å²) in [6.45, 7) is 0.765. The lowest BCUT2D eigenvalue weighted by molar-refractivity contribution is -0.137. The van der Waals surface area contributed by atoms with Gasteiger partial charge in [0.1, 0.15) is 11.4 Å². The molecule has 1 aromatic heterocycles. The number of alkyl halides is 3. The van der Waals surface area contributed by atoms with Crippen LogP contribution in [0.3, 0.4) is 0 Å². The molecular weight excluding hydrogens is 267 g/mol. The Bertz CT molecular complexity index is 492. The molecule has 0 amide bonds. The number of aromatic nitrogens is 2. The smallest absolute Gasteiger partial charge is 0.422 e. The summed E-state index contributed by atoms with van der Waals surface area (Å²) in [5.74, 6) is -2.40. The largest absolute Gasteiger partial charge is 0.476 e. The molecule has 1 saturated heterocycles. The second-order valence-electron chi connectivity index (χ2n) is 4.20. The molecule has 0 radical (unpaired) electrons. The Morgan fingerprint density at radius 1 is 1.42 bits per heavy atom. The Hall–Kier alpha value is -1.77. The number of ether oxygens (including phenoxy) is 1. The van der Waals surface area contributed by atoms with Crippen LogP contribution in [0.25, 0.3) is 0 Å². The van der Waals surface area contributed by atoms with E-state index in [4.69, 9.17) is 15.6 Å². The molecule has 1 aliphatic heterocycles. The SMILES string of the molecule is Nc1c(C(F)(F)F)c(C(=O)O)nn1C1CCOCC1. The molecule has 0 saturated carbocycles. The van der Waals surface area contributed by atoms with Crippen LogP contribution in [0, 0.1) is 0 Å². The van der Waals surface area contributed by atoms with Gasteiger partial charge in [-0.05, 0) is 12.8 Å². The molecular formula is C10H12F3N3O3. The molecule has 2 rings (SSSR count). The van der Waals surface area contributed by atoms with Gasteiger partial charge in [-0.25, -0.2) is 9.48 Å². The number of hydrogen-bond donors (Lipinski definition) is 2. The molecule has 0 bridgehead atoms. The van der Waals surface area contributed by atoms with Crippen molar-refractivity contribution < 1.29 is 27.8 Å². The highest BCUT2D eigenvalue weighted by Gasteiger charge is 2.42. The third-order valence-corrected chi connectivity index (χ3v) is 2.97. The van der Waals surface area contributed by atoms with Crippen LogP contribution >= 0.6 is 0 Å². The Balaban J connectivity index is 2.49. The van der Waals surface area contributed by atoms with Crippen molar-refractivity contribution in [3.8, 4) is 0 Å². The molecule has 9 heteroatoms. The van der Waals surface area contributed by atoms with Crippen molar-refractivity contribution in [3.05, 3.63) is 11.3 Å². The van der Waals surface area contributed by atoms with Crippen LogP contribution in [0.5, 0.6) is 0 Å². The minimum atomic E-state index is -4.85. The predicted molar refractivity (Wildman–Crippen MR) is 57.7 cm³/mol. The quantitative estimate of drug-likeness (QED) is 0.856. The number of nitrogen functional groups attached to an aromatic ring is 1. The lowest BCUT2D eigenvalue weighted by atomic mass is 10.1. The van der Waals surface area contributed by atoms with Gasteiger partial charge in [0.2, 0.25) is 0 Å². The molecule has 1 fully saturated rings. The van der Waals surface area contributed by atoms with Gasteiger partial charge in [-0.3, -0.25) is 0 Å². The summed E-state index contributed by atoms with van der Waals surface area (Å²) in [7, 11) is 0. The van der Waals surface area contributed by atoms with Gasteiger partial charge in [-0.15, -0.1) is 0 Å². The second-order valence-corrected chi connectivity index (χ2v) is 4.20. The maximum atomic E-state index is 12.8. The van der Waals surface area contributed by atoms with E-state index < -0.39 is 29.2 Å². The first kappa shape index (κ1) is 13.7. The first-order valence-corrected chi connectivity index (χ1v) is 5.58. The fourth-order valence-corrected chi connectivity index (χ4v) is 2.08. The molecule has 3 N–H and O–H groups in total. The first-order chi connectivity index (χ1) is 8.82. The zero-order valence-corrected chi connectivity index (χ0v) is 9.78. The normalized spacial score (nSPS) is 17.6. The second kappa shape index (κ2) is 4.72. The number of hydrogen-bond acceptors (Lipinski definition) is 4. The molecule has 0 aliphatic carbocycles. The molecule has 6 nitrogen and oxygen atoms in total. The lowest BCUT2D eigenvalue weighted by Crippen LogP contribution is -2.22. The zero-order chi connectivity index (χ0) is 14.2. The van der Waals surface area contributed by atoms with Crippen molar-refractivity contribution in [3.63, 3.8) is 0 Å². The number of carbonyl (C=O) groups is 1. The fraction of sp³-hybridized carbons (Fsp3) is 0.600. The Labute approximate surface area is 105 Å². The fourth-order valence-electron chi connectivity index (χ4n) is 2.08. The van der Waals surface area contributed by atoms with Crippen LogP contribution in [0.4, 0.5) is 19.0 Å². The highest BCUT2D eigenvalue weighted by atomic mass is 19.4. The van der Waals surface area contributed by atoms with Gasteiger partial charge in [0.05, 0.1) is 6.04 Å². The van der Waals surface area contributed by atoms with E-state index in [1.165, 1.54) is 0 Å². The summed E-state index contributed by atoms with van der Waals surface area (Å²) in [6.07, 6.45) is -3.95. The van der Waals surface area contributed by atoms with E-state index in [9.17, 15) is 18.0 Å². The van der Waals surface area contributed by atoms with E-state index in [0.717, 1.165) is 4.68 Å². The topological polar surface area (TPSA) is 90.4 Å². The van der Waals surface area contributed by atoms with Crippen molar-refractivity contribution in [1.29, 1.82) is 0 Å². The van der Waals surface area contributed by atoms with Crippen LogP contribution in [0.2, 0.25) is 0 Å². The summed E-state index contributed by atoms with van der Waals surface area (Å²) >= 11 is 0. The number of carboxylic acids is 1. The van der Waals surface area contributed by atoms with E-state index in [-0.39, 0.29) is 6.04 Å². The van der Waals surface area contributed by atoms with Crippen molar-refractivity contribution in [2.75, 3.05) is 18.9 Å². The minimum absolute atomic E-state index is 0.372. The van der Waals surface area contributed by atoms with E-state index in [2.05, 4.69) is 5.10 Å². The van der Waals surface area contributed by atoms with Gasteiger partial charge in [-0.1, -0.05) is 0 Å². The maximum Gasteiger partial charge on any atom is 0.422 e. The van der Waals surface area contributed by atoms with Crippen LogP contribution in [0.1, 0.15) is 34.9 Å². The van der Waals surface area contributed by atoms with Crippen LogP contribution in [-0.4, -0.2) is 34.1 Å². The highest BCUT2D eigenvalue weighted by molar-refractivity contribution is 5.89. The van der Waals surface area contributed by atoms with Crippen molar-refractivity contribution >= 4 is 11.8 Å². The third kappa shape index (κ3) is 2.50. The van der Waals surface area contributed by atoms with E-state index >= 15 is 0 Å². The molecule has 106 valence electrons. The van der Waals surface area contributed by atoms with Crippen LogP contribution in [-0.2, 0) is 10.9 Å². The van der Waals surface area contributed by atoms with Crippen molar-refractivity contribution in [2.45, 2.75) is 25.1 Å². The molecule has 0 spiro atoms. The van der Waals surface area contributed by atoms with Crippen LogP contribution < -0.4 is 5.73 Å². The summed E-state index contributed by atoms with van der Waals surface area (Å²) in [5, 5.41) is 12.3. The van der Waals surface area contributed by atoms with E-state index in [1.807, 2.05) is 0 Å². The molecule has 0 aromatic carbocycles. The maximum absolute atomic E-state index is 12.8. The standard InChI is InChI=1S/C10H12F3N3O3/c11-10(12,13)6-7(9(17)18)15-16(8(6)14)5-1-3-19-4-2-5/h5H,1-4,14H2,(H,17,18). The first-order valence-electron chi connectivity index (χ1n) is 5.58. The number of nitrogens with zero attached hydrogens (tertiary/aromatic N) is 2. The van der Waals surface area contributed by atoms with Gasteiger partial charge in [0.15, 0.2) is 5.69 Å². The van der Waals surface area contributed by atoms with Crippen molar-refractivity contribution in [1.82, 2.24) is 9.78 Å².